The maximum Gasteiger partial charge on any atom is 0.330 e. The van der Waals surface area contributed by atoms with Gasteiger partial charge in [0.15, 0.2) is 5.60 Å². The standard InChI is InChI=1S/C41H50N5O8P/c1-28(2)46(29(3)4)55(51-24-23-42-7)52-27-37-36(25-38(53-37)44-26-30(5)39(48)43-40(44)49)45(31(6)47)54-41(32-15-11-9-12-16-32,33-17-13-10-14-18-33)34-19-21-35(50-8)22-20-34/h9-22,26,28-29,36-38H,23-25,27H2,1-6,8H3,(H,43,48,49)/t36-,37+,38+,55?/m0/s1. The lowest BCUT2D eigenvalue weighted by Gasteiger charge is -2.42. The Labute approximate surface area is 323 Å². The molecule has 292 valence electrons. The molecule has 1 aliphatic rings. The first kappa shape index (κ1) is 41.5. The van der Waals surface area contributed by atoms with Gasteiger partial charge in [-0.2, -0.15) is 0 Å². The summed E-state index contributed by atoms with van der Waals surface area (Å²) in [6.07, 6.45) is -0.142. The molecule has 0 aliphatic carbocycles. The molecule has 1 aromatic heterocycles. The van der Waals surface area contributed by atoms with Crippen LogP contribution in [0.4, 0.5) is 0 Å². The van der Waals surface area contributed by atoms with Crippen molar-refractivity contribution in [1.29, 1.82) is 0 Å². The number of H-pyrrole nitrogens is 1. The van der Waals surface area contributed by atoms with Crippen molar-refractivity contribution in [2.24, 2.45) is 0 Å². The molecule has 1 saturated heterocycles. The summed E-state index contributed by atoms with van der Waals surface area (Å²) in [6, 6.07) is 26.1. The Balaban J connectivity index is 1.64. The molecule has 1 unspecified atom stereocenters. The van der Waals surface area contributed by atoms with E-state index in [0.29, 0.717) is 11.3 Å². The van der Waals surface area contributed by atoms with Gasteiger partial charge in [0.05, 0.1) is 19.8 Å². The molecule has 3 aromatic carbocycles. The van der Waals surface area contributed by atoms with Crippen molar-refractivity contribution in [3.05, 3.63) is 146 Å². The van der Waals surface area contributed by atoms with E-state index in [1.807, 2.05) is 113 Å². The zero-order chi connectivity index (χ0) is 39.7. The lowest BCUT2D eigenvalue weighted by atomic mass is 9.80. The fourth-order valence-electron chi connectivity index (χ4n) is 6.87. The Bertz CT molecular complexity index is 1970. The number of ether oxygens (including phenoxy) is 2. The zero-order valence-electron chi connectivity index (χ0n) is 32.4. The Kier molecular flexibility index (Phi) is 14.2. The number of nitrogens with one attached hydrogen (secondary N) is 1. The van der Waals surface area contributed by atoms with Gasteiger partial charge in [-0.1, -0.05) is 72.8 Å². The van der Waals surface area contributed by atoms with E-state index in [1.165, 1.54) is 22.8 Å². The van der Waals surface area contributed by atoms with E-state index in [0.717, 1.165) is 16.7 Å². The molecule has 0 saturated carbocycles. The van der Waals surface area contributed by atoms with Crippen LogP contribution in [0.15, 0.2) is 101 Å². The number of benzene rings is 3. The van der Waals surface area contributed by atoms with Crippen molar-refractivity contribution >= 4 is 14.4 Å². The maximum absolute atomic E-state index is 14.1. The number of aryl methyl sites for hydroxylation is 1. The topological polar surface area (TPSA) is 129 Å². The highest BCUT2D eigenvalue weighted by Crippen LogP contribution is 2.48. The number of carbonyl (C=O) groups excluding carboxylic acids is 1. The molecule has 4 atom stereocenters. The van der Waals surface area contributed by atoms with Crippen LogP contribution in [0, 0.1) is 13.5 Å². The van der Waals surface area contributed by atoms with Gasteiger partial charge < -0.3 is 23.4 Å². The van der Waals surface area contributed by atoms with Gasteiger partial charge >= 0.3 is 5.69 Å². The first-order valence-corrected chi connectivity index (χ1v) is 19.4. The van der Waals surface area contributed by atoms with Crippen molar-refractivity contribution in [3.63, 3.8) is 0 Å². The van der Waals surface area contributed by atoms with Crippen LogP contribution >= 0.6 is 8.53 Å². The van der Waals surface area contributed by atoms with Crippen LogP contribution in [0.25, 0.3) is 4.85 Å². The van der Waals surface area contributed by atoms with Crippen LogP contribution < -0.4 is 16.0 Å². The molecule has 14 heteroatoms. The molecule has 13 nitrogen and oxygen atoms in total. The predicted molar refractivity (Wildman–Crippen MR) is 210 cm³/mol. The maximum atomic E-state index is 14.1. The van der Waals surface area contributed by atoms with Crippen molar-refractivity contribution in [2.75, 3.05) is 26.9 Å². The van der Waals surface area contributed by atoms with E-state index in [-0.39, 0.29) is 38.3 Å². The third-order valence-corrected chi connectivity index (χ3v) is 11.4. The van der Waals surface area contributed by atoms with Crippen LogP contribution in [0.5, 0.6) is 5.75 Å². The van der Waals surface area contributed by atoms with Crippen LogP contribution in [0.2, 0.25) is 0 Å². The van der Waals surface area contributed by atoms with Crippen molar-refractivity contribution < 1.29 is 28.2 Å². The Morgan fingerprint density at radius 2 is 1.55 bits per heavy atom. The molecule has 0 spiro atoms. The second-order valence-corrected chi connectivity index (χ2v) is 15.3. The normalized spacial score (nSPS) is 17.7. The zero-order valence-corrected chi connectivity index (χ0v) is 33.3. The molecule has 0 radical (unpaired) electrons. The number of aromatic amines is 1. The summed E-state index contributed by atoms with van der Waals surface area (Å²) < 4.78 is 28.3. The van der Waals surface area contributed by atoms with E-state index in [9.17, 15) is 14.4 Å². The third-order valence-electron chi connectivity index (χ3n) is 9.37. The van der Waals surface area contributed by atoms with Gasteiger partial charge in [-0.15, -0.1) is 0 Å². The van der Waals surface area contributed by atoms with Gasteiger partial charge in [-0.3, -0.25) is 19.1 Å². The largest absolute Gasteiger partial charge is 0.497 e. The second kappa shape index (κ2) is 18.8. The number of hydrogen-bond acceptors (Lipinski definition) is 9. The first-order valence-electron chi connectivity index (χ1n) is 18.3. The third kappa shape index (κ3) is 9.42. The van der Waals surface area contributed by atoms with E-state index in [1.54, 1.807) is 14.0 Å². The van der Waals surface area contributed by atoms with Crippen molar-refractivity contribution in [1.82, 2.24) is 19.3 Å². The lowest BCUT2D eigenvalue weighted by molar-refractivity contribution is -0.242. The molecular formula is C41H50N5O8P. The molecular weight excluding hydrogens is 721 g/mol. The predicted octanol–water partition coefficient (Wildman–Crippen LogP) is 6.58. The van der Waals surface area contributed by atoms with Crippen LogP contribution in [-0.2, 0) is 29.0 Å². The first-order chi connectivity index (χ1) is 26.4. The number of rotatable bonds is 17. The van der Waals surface area contributed by atoms with Gasteiger partial charge in [-0.05, 0) is 63.4 Å². The smallest absolute Gasteiger partial charge is 0.330 e. The summed E-state index contributed by atoms with van der Waals surface area (Å²) in [4.78, 5) is 52.6. The monoisotopic (exact) mass is 771 g/mol. The van der Waals surface area contributed by atoms with Gasteiger partial charge in [0.1, 0.15) is 24.7 Å². The molecule has 1 amide bonds. The Hall–Kier alpha value is -4.67. The summed E-state index contributed by atoms with van der Waals surface area (Å²) in [6.45, 7) is 18.8. The molecule has 4 aromatic rings. The van der Waals surface area contributed by atoms with Gasteiger partial charge in [0.25, 0.3) is 14.1 Å². The fourth-order valence-corrected chi connectivity index (χ4v) is 8.48. The highest BCUT2D eigenvalue weighted by atomic mass is 31.2. The van der Waals surface area contributed by atoms with Gasteiger partial charge in [0, 0.05) is 37.2 Å². The van der Waals surface area contributed by atoms with Crippen molar-refractivity contribution in [2.45, 2.75) is 84.0 Å². The van der Waals surface area contributed by atoms with Gasteiger partial charge in [-0.25, -0.2) is 25.9 Å². The van der Waals surface area contributed by atoms with Crippen molar-refractivity contribution in [3.8, 4) is 5.75 Å². The second-order valence-electron chi connectivity index (χ2n) is 13.8. The summed E-state index contributed by atoms with van der Waals surface area (Å²) in [5, 5.41) is 1.34. The summed E-state index contributed by atoms with van der Waals surface area (Å²) in [7, 11) is -0.0719. The Morgan fingerprint density at radius 1 is 0.964 bits per heavy atom. The summed E-state index contributed by atoms with van der Waals surface area (Å²) in [5.41, 5.74) is 0.0822. The van der Waals surface area contributed by atoms with Crippen LogP contribution in [0.1, 0.15) is 69.5 Å². The van der Waals surface area contributed by atoms with Gasteiger partial charge in [0.2, 0.25) is 12.5 Å². The highest BCUT2D eigenvalue weighted by molar-refractivity contribution is 7.44. The average molecular weight is 772 g/mol. The van der Waals surface area contributed by atoms with Crippen LogP contribution in [0.3, 0.4) is 0 Å². The van der Waals surface area contributed by atoms with E-state index in [4.69, 9.17) is 29.9 Å². The molecule has 0 bridgehead atoms. The fraction of sp³-hybridized carbons (Fsp3) is 0.415. The quantitative estimate of drug-likeness (QED) is 0.0416. The SMILES string of the molecule is [C-]#[N+]CCOP(OC[C@H]1O[C@@H](n2cc(C)c(=O)[nH]c2=O)C[C@@H]1N(OC(c1ccccc1)(c1ccccc1)c1ccc(OC)cc1)C(C)=O)N(C(C)C)C(C)C. The minimum absolute atomic E-state index is 0.0444. The lowest BCUT2D eigenvalue weighted by Crippen LogP contribution is -2.50. The summed E-state index contributed by atoms with van der Waals surface area (Å²) >= 11 is 0. The number of hydrogen-bond donors (Lipinski definition) is 1. The highest BCUT2D eigenvalue weighted by Gasteiger charge is 2.48. The molecule has 5 rings (SSSR count). The number of aromatic nitrogens is 2. The number of carbonyl (C=O) groups is 1. The minimum Gasteiger partial charge on any atom is -0.497 e. The molecule has 55 heavy (non-hydrogen) atoms. The van der Waals surface area contributed by atoms with E-state index < -0.39 is 49.7 Å². The number of nitrogens with zero attached hydrogens (tertiary/aromatic N) is 4. The van der Waals surface area contributed by atoms with Crippen LogP contribution in [-0.4, -0.2) is 76.3 Å². The summed E-state index contributed by atoms with van der Waals surface area (Å²) in [5.74, 6) is 0.246. The molecule has 1 N–H and O–H groups in total. The minimum atomic E-state index is -1.67. The van der Waals surface area contributed by atoms with E-state index >= 15 is 0 Å². The number of hydroxylamine groups is 2. The number of amides is 1. The Morgan fingerprint density at radius 3 is 2.07 bits per heavy atom. The number of methoxy groups -OCH3 is 1. The van der Waals surface area contributed by atoms with E-state index in [2.05, 4.69) is 14.5 Å². The molecule has 1 aliphatic heterocycles. The molecule has 2 heterocycles. The average Bonchev–Trinajstić information content (AvgIpc) is 3.59. The molecule has 1 fully saturated rings.